The number of ether oxygens (including phenoxy) is 1. The fourth-order valence-electron chi connectivity index (χ4n) is 6.23. The number of fused-ring (bicyclic) bond motifs is 1. The van der Waals surface area contributed by atoms with Crippen LogP contribution in [0.2, 0.25) is 0 Å². The number of hydrogen-bond acceptors (Lipinski definition) is 8. The van der Waals surface area contributed by atoms with Crippen LogP contribution in [-0.4, -0.2) is 62.2 Å². The Morgan fingerprint density at radius 1 is 1.15 bits per heavy atom. The molecule has 0 saturated carbocycles. The Morgan fingerprint density at radius 2 is 1.85 bits per heavy atom. The molecule has 41 heavy (non-hydrogen) atoms. The molecule has 224 valence electrons. The van der Waals surface area contributed by atoms with E-state index in [0.29, 0.717) is 12.5 Å². The number of rotatable bonds is 4. The molecule has 4 rings (SSSR count). The molecule has 0 spiro atoms. The second-order valence-corrected chi connectivity index (χ2v) is 13.7. The predicted octanol–water partition coefficient (Wildman–Crippen LogP) is 5.57. The van der Waals surface area contributed by atoms with Crippen molar-refractivity contribution < 1.29 is 24.5 Å². The molecule has 0 bridgehead atoms. The fourth-order valence-corrected chi connectivity index (χ4v) is 6.80. The molecular weight excluding hydrogens is 536 g/mol. The van der Waals surface area contributed by atoms with E-state index in [9.17, 15) is 19.8 Å². The number of aliphatic hydroxyl groups excluding tert-OH is 2. The maximum absolute atomic E-state index is 13.4. The van der Waals surface area contributed by atoms with Gasteiger partial charge in [-0.15, -0.1) is 11.3 Å². The van der Waals surface area contributed by atoms with E-state index in [4.69, 9.17) is 4.74 Å². The number of cyclic esters (lactones) is 1. The first-order valence-electron chi connectivity index (χ1n) is 14.9. The standard InChI is InChI=1S/C33H46N2O5S/c1-20-11-10-14-26-27(35(26)18-24-12-8-7-9-13-24)16-28(21(2)15-25-19-41-23(4)34-25)40-30(37)17-29(36)33(5,6)32(39)22(3)31(20)38/h7-9,12-13,15,19-20,22,26-29,31,36,38H,10-11,14,16-18H2,1-6H3/b21-15+/t20-,22+,26+,27-,28-,29-,31-,35?/m0/s1. The first-order chi connectivity index (χ1) is 19.4. The van der Waals surface area contributed by atoms with Crippen molar-refractivity contribution in [1.29, 1.82) is 0 Å². The molecule has 2 aliphatic heterocycles. The van der Waals surface area contributed by atoms with Gasteiger partial charge in [-0.1, -0.05) is 64.4 Å². The quantitative estimate of drug-likeness (QED) is 0.359. The van der Waals surface area contributed by atoms with Crippen LogP contribution in [0.15, 0.2) is 41.3 Å². The van der Waals surface area contributed by atoms with Gasteiger partial charge in [0, 0.05) is 36.3 Å². The van der Waals surface area contributed by atoms with E-state index in [1.54, 1.807) is 32.1 Å². The number of benzene rings is 1. The number of carbonyl (C=O) groups excluding carboxylic acids is 2. The largest absolute Gasteiger partial charge is 0.458 e. The summed E-state index contributed by atoms with van der Waals surface area (Å²) in [6.07, 6.45) is 2.52. The zero-order valence-corrected chi connectivity index (χ0v) is 26.1. The highest BCUT2D eigenvalue weighted by Crippen LogP contribution is 2.40. The van der Waals surface area contributed by atoms with Gasteiger partial charge in [-0.2, -0.15) is 0 Å². The minimum Gasteiger partial charge on any atom is -0.458 e. The first-order valence-corrected chi connectivity index (χ1v) is 15.8. The summed E-state index contributed by atoms with van der Waals surface area (Å²) in [6.45, 7) is 11.8. The van der Waals surface area contributed by atoms with Crippen LogP contribution in [0.3, 0.4) is 0 Å². The van der Waals surface area contributed by atoms with Gasteiger partial charge in [0.15, 0.2) is 0 Å². The van der Waals surface area contributed by atoms with E-state index in [1.165, 1.54) is 5.56 Å². The minimum absolute atomic E-state index is 0.0565. The molecule has 2 fully saturated rings. The van der Waals surface area contributed by atoms with Gasteiger partial charge < -0.3 is 14.9 Å². The second kappa shape index (κ2) is 13.3. The Labute approximate surface area is 248 Å². The summed E-state index contributed by atoms with van der Waals surface area (Å²) in [5.74, 6) is -1.49. The molecular formula is C33H46N2O5S. The number of Topliss-reactive ketones (excluding diaryl/α,β-unsaturated/α-hetero) is 1. The lowest BCUT2D eigenvalue weighted by molar-refractivity contribution is -0.154. The van der Waals surface area contributed by atoms with Crippen molar-refractivity contribution in [3.8, 4) is 0 Å². The maximum Gasteiger partial charge on any atom is 0.309 e. The number of aromatic nitrogens is 1. The van der Waals surface area contributed by atoms with Crippen molar-refractivity contribution >= 4 is 29.2 Å². The lowest BCUT2D eigenvalue weighted by Crippen LogP contribution is -2.45. The van der Waals surface area contributed by atoms with E-state index in [-0.39, 0.29) is 24.2 Å². The highest BCUT2D eigenvalue weighted by Gasteiger charge is 2.48. The van der Waals surface area contributed by atoms with Crippen LogP contribution in [0.5, 0.6) is 0 Å². The lowest BCUT2D eigenvalue weighted by Gasteiger charge is -2.34. The third-order valence-corrected chi connectivity index (χ3v) is 9.95. The van der Waals surface area contributed by atoms with Gasteiger partial charge in [-0.3, -0.25) is 14.5 Å². The summed E-state index contributed by atoms with van der Waals surface area (Å²) in [6, 6.07) is 11.0. The zero-order valence-electron chi connectivity index (χ0n) is 25.2. The molecule has 2 aliphatic rings. The molecule has 2 aromatic rings. The Bertz CT molecular complexity index is 1230. The van der Waals surface area contributed by atoms with E-state index in [0.717, 1.165) is 42.1 Å². The molecule has 2 saturated heterocycles. The van der Waals surface area contributed by atoms with Gasteiger partial charge in [0.25, 0.3) is 0 Å². The average Bonchev–Trinajstić information content (AvgIpc) is 3.38. The number of thiazole rings is 1. The van der Waals surface area contributed by atoms with Crippen molar-refractivity contribution in [2.75, 3.05) is 0 Å². The third kappa shape index (κ3) is 7.72. The molecule has 3 heterocycles. The zero-order chi connectivity index (χ0) is 29.9. The lowest BCUT2D eigenvalue weighted by atomic mass is 9.73. The first kappa shape index (κ1) is 31.5. The summed E-state index contributed by atoms with van der Waals surface area (Å²) in [7, 11) is 0. The molecule has 2 N–H and O–H groups in total. The Kier molecular flexibility index (Phi) is 10.2. The van der Waals surface area contributed by atoms with Crippen LogP contribution in [0.1, 0.15) is 83.0 Å². The second-order valence-electron chi connectivity index (χ2n) is 12.7. The number of nitrogens with zero attached hydrogens (tertiary/aromatic N) is 2. The van der Waals surface area contributed by atoms with Crippen LogP contribution in [0, 0.1) is 24.2 Å². The molecule has 0 amide bonds. The SMILES string of the molecule is C/C(=C\c1csc(C)n1)[C@@H]1C[C@H]2[C@@H](CCC[C@H](C)[C@H](O)[C@@H](C)C(=O)C(C)(C)[C@@H](O)CC(=O)O1)N2Cc1ccccc1. The molecule has 7 nitrogen and oxygen atoms in total. The molecule has 1 aromatic carbocycles. The smallest absolute Gasteiger partial charge is 0.309 e. The number of esters is 1. The van der Waals surface area contributed by atoms with Gasteiger partial charge in [-0.05, 0) is 49.8 Å². The fraction of sp³-hybridized carbons (Fsp3) is 0.606. The Balaban J connectivity index is 1.62. The Hall–Kier alpha value is -2.39. The molecule has 0 aliphatic carbocycles. The van der Waals surface area contributed by atoms with Gasteiger partial charge in [-0.25, -0.2) is 4.98 Å². The summed E-state index contributed by atoms with van der Waals surface area (Å²) in [4.78, 5) is 33.7. The topological polar surface area (TPSA) is 99.7 Å². The van der Waals surface area contributed by atoms with Crippen LogP contribution in [0.4, 0.5) is 0 Å². The van der Waals surface area contributed by atoms with E-state index >= 15 is 0 Å². The van der Waals surface area contributed by atoms with Crippen molar-refractivity contribution in [3.05, 3.63) is 57.6 Å². The van der Waals surface area contributed by atoms with E-state index < -0.39 is 35.6 Å². The van der Waals surface area contributed by atoms with Crippen molar-refractivity contribution in [2.45, 2.75) is 111 Å². The van der Waals surface area contributed by atoms with Crippen LogP contribution in [-0.2, 0) is 20.9 Å². The van der Waals surface area contributed by atoms with Crippen LogP contribution in [0.25, 0.3) is 6.08 Å². The van der Waals surface area contributed by atoms with Crippen molar-refractivity contribution in [3.63, 3.8) is 0 Å². The van der Waals surface area contributed by atoms with Gasteiger partial charge in [0.2, 0.25) is 0 Å². The number of carbonyl (C=O) groups is 2. The predicted molar refractivity (Wildman–Crippen MR) is 162 cm³/mol. The number of aliphatic hydroxyl groups is 2. The van der Waals surface area contributed by atoms with Crippen molar-refractivity contribution in [2.24, 2.45) is 17.3 Å². The van der Waals surface area contributed by atoms with Gasteiger partial charge in [0.05, 0.1) is 34.7 Å². The monoisotopic (exact) mass is 582 g/mol. The summed E-state index contributed by atoms with van der Waals surface area (Å²) in [5, 5.41) is 25.0. The van der Waals surface area contributed by atoms with Crippen LogP contribution < -0.4 is 0 Å². The third-order valence-electron chi connectivity index (χ3n) is 9.16. The number of ketones is 1. The van der Waals surface area contributed by atoms with Crippen LogP contribution >= 0.6 is 11.3 Å². The average molecular weight is 583 g/mol. The Morgan fingerprint density at radius 3 is 2.51 bits per heavy atom. The molecule has 1 unspecified atom stereocenters. The summed E-state index contributed by atoms with van der Waals surface area (Å²) >= 11 is 1.58. The highest BCUT2D eigenvalue weighted by molar-refractivity contribution is 7.09. The van der Waals surface area contributed by atoms with Gasteiger partial charge in [0.1, 0.15) is 11.9 Å². The van der Waals surface area contributed by atoms with Crippen molar-refractivity contribution in [1.82, 2.24) is 9.88 Å². The summed E-state index contributed by atoms with van der Waals surface area (Å²) < 4.78 is 6.07. The number of aryl methyl sites for hydroxylation is 1. The van der Waals surface area contributed by atoms with E-state index in [1.807, 2.05) is 38.3 Å². The summed E-state index contributed by atoms with van der Waals surface area (Å²) in [5.41, 5.74) is 1.79. The normalized spacial score (nSPS) is 33.6. The molecule has 0 radical (unpaired) electrons. The molecule has 1 aromatic heterocycles. The highest BCUT2D eigenvalue weighted by atomic mass is 32.1. The van der Waals surface area contributed by atoms with Gasteiger partial charge >= 0.3 is 5.97 Å². The molecule has 8 atom stereocenters. The minimum atomic E-state index is -1.23. The molecule has 8 heteroatoms. The number of hydrogen-bond donors (Lipinski definition) is 2. The van der Waals surface area contributed by atoms with E-state index in [2.05, 4.69) is 34.1 Å². The maximum atomic E-state index is 13.4.